The third-order valence-electron chi connectivity index (χ3n) is 4.01. The molecule has 0 radical (unpaired) electrons. The molecule has 0 saturated carbocycles. The van der Waals surface area contributed by atoms with Gasteiger partial charge in [0.05, 0.1) is 6.04 Å². The number of guanidine groups is 1. The van der Waals surface area contributed by atoms with Crippen LogP contribution in [-0.4, -0.2) is 5.96 Å². The van der Waals surface area contributed by atoms with Gasteiger partial charge >= 0.3 is 0 Å². The highest BCUT2D eigenvalue weighted by molar-refractivity contribution is 6.30. The fraction of sp³-hybridized carbons (Fsp3) is 0.286. The van der Waals surface area contributed by atoms with Gasteiger partial charge in [-0.2, -0.15) is 0 Å². The minimum atomic E-state index is -0.0948. The molecule has 0 saturated heterocycles. The van der Waals surface area contributed by atoms with Gasteiger partial charge in [-0.05, 0) is 40.7 Å². The van der Waals surface area contributed by atoms with Gasteiger partial charge in [0.2, 0.25) is 0 Å². The molecule has 3 nitrogen and oxygen atoms in total. The summed E-state index contributed by atoms with van der Waals surface area (Å²) in [4.78, 5) is 4.38. The second-order valence-electron chi connectivity index (χ2n) is 7.13. The van der Waals surface area contributed by atoms with Gasteiger partial charge in [0.15, 0.2) is 5.96 Å². The van der Waals surface area contributed by atoms with Crippen molar-refractivity contribution in [3.8, 4) is 0 Å². The summed E-state index contributed by atoms with van der Waals surface area (Å²) < 4.78 is 0. The number of nitrogens with two attached hydrogens (primary N) is 2. The van der Waals surface area contributed by atoms with E-state index in [9.17, 15) is 0 Å². The summed E-state index contributed by atoms with van der Waals surface area (Å²) in [5, 5.41) is 0.731. The quantitative estimate of drug-likeness (QED) is 0.581. The Morgan fingerprint density at radius 1 is 1.04 bits per heavy atom. The van der Waals surface area contributed by atoms with Crippen LogP contribution < -0.4 is 11.5 Å². The molecule has 2 aromatic carbocycles. The van der Waals surface area contributed by atoms with Crippen LogP contribution in [0.1, 0.15) is 49.9 Å². The lowest BCUT2D eigenvalue weighted by Crippen LogP contribution is -2.23. The van der Waals surface area contributed by atoms with E-state index in [0.29, 0.717) is 0 Å². The number of hydrogen-bond donors (Lipinski definition) is 2. The maximum Gasteiger partial charge on any atom is 0.186 e. The van der Waals surface area contributed by atoms with Gasteiger partial charge in [0.25, 0.3) is 0 Å². The second-order valence-corrected chi connectivity index (χ2v) is 7.57. The molecule has 0 amide bonds. The van der Waals surface area contributed by atoms with Crippen molar-refractivity contribution in [2.24, 2.45) is 16.5 Å². The van der Waals surface area contributed by atoms with E-state index in [0.717, 1.165) is 22.6 Å². The SMILES string of the molecule is CC(C)(C)c1ccc(C(C/C=C/c2ccc(Cl)cc2)N=C(N)N)cc1. The molecule has 0 aliphatic rings. The predicted molar refractivity (Wildman–Crippen MR) is 109 cm³/mol. The van der Waals surface area contributed by atoms with Crippen molar-refractivity contribution in [1.82, 2.24) is 0 Å². The van der Waals surface area contributed by atoms with Crippen LogP contribution in [0.4, 0.5) is 0 Å². The Hall–Kier alpha value is -2.26. The summed E-state index contributed by atoms with van der Waals surface area (Å²) in [6, 6.07) is 16.1. The van der Waals surface area contributed by atoms with Crippen LogP contribution in [0.15, 0.2) is 59.6 Å². The van der Waals surface area contributed by atoms with E-state index in [2.05, 4.69) is 62.2 Å². The van der Waals surface area contributed by atoms with Gasteiger partial charge in [-0.25, -0.2) is 4.99 Å². The van der Waals surface area contributed by atoms with Gasteiger partial charge in [0, 0.05) is 5.02 Å². The Labute approximate surface area is 155 Å². The Bertz CT molecular complexity index is 734. The lowest BCUT2D eigenvalue weighted by atomic mass is 9.86. The number of nitrogens with zero attached hydrogens (tertiary/aromatic N) is 1. The van der Waals surface area contributed by atoms with Crippen LogP contribution in [0.3, 0.4) is 0 Å². The molecule has 0 aromatic heterocycles. The molecule has 0 heterocycles. The van der Waals surface area contributed by atoms with Gasteiger partial charge in [-0.1, -0.05) is 80.9 Å². The first-order valence-electron chi connectivity index (χ1n) is 8.37. The average Bonchev–Trinajstić information content (AvgIpc) is 2.55. The summed E-state index contributed by atoms with van der Waals surface area (Å²) in [6.07, 6.45) is 4.85. The van der Waals surface area contributed by atoms with Crippen molar-refractivity contribution in [3.63, 3.8) is 0 Å². The normalized spacial score (nSPS) is 13.0. The molecule has 4 heteroatoms. The van der Waals surface area contributed by atoms with E-state index >= 15 is 0 Å². The average molecular weight is 356 g/mol. The number of hydrogen-bond acceptors (Lipinski definition) is 1. The van der Waals surface area contributed by atoms with E-state index in [-0.39, 0.29) is 17.4 Å². The maximum absolute atomic E-state index is 5.91. The van der Waals surface area contributed by atoms with Gasteiger partial charge in [-0.15, -0.1) is 0 Å². The van der Waals surface area contributed by atoms with Crippen LogP contribution in [-0.2, 0) is 5.41 Å². The summed E-state index contributed by atoms with van der Waals surface area (Å²) in [7, 11) is 0. The molecule has 1 unspecified atom stereocenters. The zero-order chi connectivity index (χ0) is 18.4. The number of rotatable bonds is 5. The monoisotopic (exact) mass is 355 g/mol. The highest BCUT2D eigenvalue weighted by atomic mass is 35.5. The number of aliphatic imine (C=N–C) groups is 1. The van der Waals surface area contributed by atoms with E-state index in [1.807, 2.05) is 24.3 Å². The fourth-order valence-electron chi connectivity index (χ4n) is 2.56. The number of halogens is 1. The third-order valence-corrected chi connectivity index (χ3v) is 4.26. The van der Waals surface area contributed by atoms with Crippen molar-refractivity contribution < 1.29 is 0 Å². The van der Waals surface area contributed by atoms with Gasteiger partial charge in [-0.3, -0.25) is 0 Å². The number of benzene rings is 2. The first-order valence-corrected chi connectivity index (χ1v) is 8.75. The molecule has 0 fully saturated rings. The zero-order valence-corrected chi connectivity index (χ0v) is 15.8. The highest BCUT2D eigenvalue weighted by Gasteiger charge is 2.15. The van der Waals surface area contributed by atoms with Crippen LogP contribution in [0.2, 0.25) is 5.02 Å². The molecule has 1 atom stereocenters. The maximum atomic E-state index is 5.91. The minimum Gasteiger partial charge on any atom is -0.370 e. The molecule has 2 rings (SSSR count). The van der Waals surface area contributed by atoms with E-state index in [4.69, 9.17) is 23.1 Å². The Morgan fingerprint density at radius 3 is 2.16 bits per heavy atom. The first kappa shape index (κ1) is 19.1. The van der Waals surface area contributed by atoms with E-state index in [1.165, 1.54) is 5.56 Å². The minimum absolute atomic E-state index is 0.0948. The lowest BCUT2D eigenvalue weighted by Gasteiger charge is -2.20. The van der Waals surface area contributed by atoms with Crippen LogP contribution >= 0.6 is 11.6 Å². The molecule has 0 aliphatic heterocycles. The summed E-state index contributed by atoms with van der Waals surface area (Å²) in [6.45, 7) is 6.60. The topological polar surface area (TPSA) is 64.4 Å². The molecule has 0 aliphatic carbocycles. The van der Waals surface area contributed by atoms with Gasteiger partial charge in [0.1, 0.15) is 0 Å². The molecule has 4 N–H and O–H groups in total. The summed E-state index contributed by atoms with van der Waals surface area (Å²) in [5.41, 5.74) is 14.8. The first-order chi connectivity index (χ1) is 11.8. The molecule has 2 aromatic rings. The molecule has 0 bridgehead atoms. The molecule has 0 spiro atoms. The zero-order valence-electron chi connectivity index (χ0n) is 15.0. The van der Waals surface area contributed by atoms with Crippen molar-refractivity contribution >= 4 is 23.6 Å². The smallest absolute Gasteiger partial charge is 0.186 e. The predicted octanol–water partition coefficient (Wildman–Crippen LogP) is 5.06. The fourth-order valence-corrected chi connectivity index (χ4v) is 2.68. The van der Waals surface area contributed by atoms with Gasteiger partial charge < -0.3 is 11.5 Å². The molecule has 132 valence electrons. The van der Waals surface area contributed by atoms with Crippen LogP contribution in [0.5, 0.6) is 0 Å². The Morgan fingerprint density at radius 2 is 1.64 bits per heavy atom. The third kappa shape index (κ3) is 5.95. The Balaban J connectivity index is 2.16. The standard InChI is InChI=1S/C21H26ClN3/c1-21(2,3)17-11-9-16(10-12-17)19(25-20(23)24)6-4-5-15-7-13-18(22)14-8-15/h4-5,7-14,19H,6H2,1-3H3,(H4,23,24,25)/b5-4+. The second kappa shape index (κ2) is 8.21. The van der Waals surface area contributed by atoms with Crippen molar-refractivity contribution in [2.45, 2.75) is 38.6 Å². The molecule has 25 heavy (non-hydrogen) atoms. The van der Waals surface area contributed by atoms with E-state index < -0.39 is 0 Å². The Kier molecular flexibility index (Phi) is 6.27. The van der Waals surface area contributed by atoms with Crippen molar-refractivity contribution in [2.75, 3.05) is 0 Å². The summed E-state index contributed by atoms with van der Waals surface area (Å²) in [5.74, 6) is 0.102. The summed E-state index contributed by atoms with van der Waals surface area (Å²) >= 11 is 5.91. The lowest BCUT2D eigenvalue weighted by molar-refractivity contribution is 0.589. The van der Waals surface area contributed by atoms with E-state index in [1.54, 1.807) is 0 Å². The molecular weight excluding hydrogens is 330 g/mol. The molecular formula is C21H26ClN3. The van der Waals surface area contributed by atoms with Crippen molar-refractivity contribution in [1.29, 1.82) is 0 Å². The van der Waals surface area contributed by atoms with Crippen LogP contribution in [0.25, 0.3) is 6.08 Å². The van der Waals surface area contributed by atoms with Crippen LogP contribution in [0, 0.1) is 0 Å². The highest BCUT2D eigenvalue weighted by Crippen LogP contribution is 2.27. The largest absolute Gasteiger partial charge is 0.370 e. The van der Waals surface area contributed by atoms with Crippen molar-refractivity contribution in [3.05, 3.63) is 76.3 Å².